The summed E-state index contributed by atoms with van der Waals surface area (Å²) < 4.78 is 9.81. The minimum atomic E-state index is -0.323. The van der Waals surface area contributed by atoms with Crippen LogP contribution in [0.25, 0.3) is 0 Å². The minimum Gasteiger partial charge on any atom is -0.468 e. The molecule has 0 bridgehead atoms. The van der Waals surface area contributed by atoms with Crippen LogP contribution in [-0.2, 0) is 19.1 Å². The van der Waals surface area contributed by atoms with Gasteiger partial charge in [-0.25, -0.2) is 0 Å². The molecule has 0 unspecified atom stereocenters. The van der Waals surface area contributed by atoms with Gasteiger partial charge in [-0.15, -0.1) is 0 Å². The number of ether oxygens (including phenoxy) is 2. The fourth-order valence-electron chi connectivity index (χ4n) is 1.84. The Morgan fingerprint density at radius 2 is 2.00 bits per heavy atom. The average molecular weight is 258 g/mol. The van der Waals surface area contributed by atoms with E-state index in [1.807, 2.05) is 6.92 Å². The first kappa shape index (κ1) is 14.9. The van der Waals surface area contributed by atoms with Crippen molar-refractivity contribution < 1.29 is 19.1 Å². The first-order valence-corrected chi connectivity index (χ1v) is 6.32. The monoisotopic (exact) mass is 258 g/mol. The number of nitrogens with zero attached hydrogens (tertiary/aromatic N) is 1. The first-order chi connectivity index (χ1) is 8.65. The number of hydrogen-bond acceptors (Lipinski definition) is 5. The van der Waals surface area contributed by atoms with Crippen LogP contribution >= 0.6 is 0 Å². The summed E-state index contributed by atoms with van der Waals surface area (Å²) in [6.07, 6.45) is 1.71. The molecule has 104 valence electrons. The molecular formula is C12H22N2O4. The number of carbonyl (C=O) groups excluding carboxylic acids is 2. The summed E-state index contributed by atoms with van der Waals surface area (Å²) in [5.74, 6) is -0.372. The number of carbonyl (C=O) groups is 2. The Morgan fingerprint density at radius 1 is 1.33 bits per heavy atom. The Bertz CT molecular complexity index is 277. The summed E-state index contributed by atoms with van der Waals surface area (Å²) >= 11 is 0. The summed E-state index contributed by atoms with van der Waals surface area (Å²) in [5.41, 5.74) is 0. The van der Waals surface area contributed by atoms with Crippen LogP contribution in [0.3, 0.4) is 0 Å². The van der Waals surface area contributed by atoms with E-state index in [1.54, 1.807) is 4.90 Å². The van der Waals surface area contributed by atoms with Crippen molar-refractivity contribution in [3.05, 3.63) is 0 Å². The Balaban J connectivity index is 2.29. The van der Waals surface area contributed by atoms with E-state index in [2.05, 4.69) is 10.1 Å². The zero-order valence-electron chi connectivity index (χ0n) is 11.1. The molecule has 0 aromatic carbocycles. The largest absolute Gasteiger partial charge is 0.468 e. The highest BCUT2D eigenvalue weighted by Crippen LogP contribution is 2.05. The fourth-order valence-corrected chi connectivity index (χ4v) is 1.84. The third kappa shape index (κ3) is 5.46. The number of rotatable bonds is 6. The van der Waals surface area contributed by atoms with Crippen LogP contribution in [0, 0.1) is 0 Å². The zero-order chi connectivity index (χ0) is 13.4. The van der Waals surface area contributed by atoms with Crippen molar-refractivity contribution in [1.82, 2.24) is 10.2 Å². The predicted octanol–water partition coefficient (Wildman–Crippen LogP) is -0.223. The summed E-state index contributed by atoms with van der Waals surface area (Å²) in [6.45, 7) is 4.31. The molecule has 1 aliphatic rings. The Kier molecular flexibility index (Phi) is 6.67. The molecule has 0 spiro atoms. The fraction of sp³-hybridized carbons (Fsp3) is 0.833. The molecule has 1 amide bonds. The molecule has 1 heterocycles. The van der Waals surface area contributed by atoms with Crippen molar-refractivity contribution >= 4 is 11.9 Å². The van der Waals surface area contributed by atoms with Crippen molar-refractivity contribution in [2.45, 2.75) is 25.8 Å². The molecule has 1 saturated heterocycles. The van der Waals surface area contributed by atoms with Gasteiger partial charge in [0.1, 0.15) is 0 Å². The van der Waals surface area contributed by atoms with E-state index < -0.39 is 0 Å². The third-order valence-electron chi connectivity index (χ3n) is 2.98. The molecule has 18 heavy (non-hydrogen) atoms. The van der Waals surface area contributed by atoms with Crippen LogP contribution in [0.2, 0.25) is 0 Å². The van der Waals surface area contributed by atoms with Gasteiger partial charge in [-0.05, 0) is 19.4 Å². The van der Waals surface area contributed by atoms with Gasteiger partial charge in [-0.1, -0.05) is 6.92 Å². The van der Waals surface area contributed by atoms with Crippen molar-refractivity contribution in [1.29, 1.82) is 0 Å². The van der Waals surface area contributed by atoms with Gasteiger partial charge in [0.2, 0.25) is 5.91 Å². The molecule has 0 saturated carbocycles. The van der Waals surface area contributed by atoms with E-state index in [-0.39, 0.29) is 31.0 Å². The molecular weight excluding hydrogens is 236 g/mol. The second-order valence-electron chi connectivity index (χ2n) is 4.33. The van der Waals surface area contributed by atoms with Gasteiger partial charge in [0, 0.05) is 19.3 Å². The molecule has 0 radical (unpaired) electrons. The minimum absolute atomic E-state index is 0.0485. The van der Waals surface area contributed by atoms with Crippen LogP contribution in [-0.4, -0.2) is 62.8 Å². The normalized spacial score (nSPS) is 16.6. The molecule has 1 rings (SSSR count). The highest BCUT2D eigenvalue weighted by molar-refractivity contribution is 5.79. The Hall–Kier alpha value is -1.14. The van der Waals surface area contributed by atoms with Crippen LogP contribution in [0.1, 0.15) is 19.8 Å². The number of likely N-dealkylation sites (N-methyl/N-ethyl adjacent to an activating group) is 1. The number of nitrogens with one attached hydrogen (secondary N) is 1. The Morgan fingerprint density at radius 3 is 2.56 bits per heavy atom. The maximum atomic E-state index is 11.8. The zero-order valence-corrected chi connectivity index (χ0v) is 11.1. The van der Waals surface area contributed by atoms with E-state index in [0.29, 0.717) is 19.8 Å². The molecule has 1 N–H and O–H groups in total. The standard InChI is InChI=1S/C12H22N2O4/c1-3-14(9-12(16)17-2)8-11(15)13-10-4-6-18-7-5-10/h10H,3-9H2,1-2H3,(H,13,15). The maximum absolute atomic E-state index is 11.8. The van der Waals surface area contributed by atoms with Gasteiger partial charge in [0.25, 0.3) is 0 Å². The lowest BCUT2D eigenvalue weighted by Gasteiger charge is -2.25. The van der Waals surface area contributed by atoms with Crippen LogP contribution in [0.5, 0.6) is 0 Å². The van der Waals surface area contributed by atoms with Crippen molar-refractivity contribution in [2.75, 3.05) is 40.0 Å². The van der Waals surface area contributed by atoms with Gasteiger partial charge in [-0.2, -0.15) is 0 Å². The van der Waals surface area contributed by atoms with Gasteiger partial charge >= 0.3 is 5.97 Å². The van der Waals surface area contributed by atoms with E-state index in [1.165, 1.54) is 7.11 Å². The molecule has 1 aliphatic heterocycles. The predicted molar refractivity (Wildman–Crippen MR) is 66.1 cm³/mol. The smallest absolute Gasteiger partial charge is 0.319 e. The molecule has 6 heteroatoms. The van der Waals surface area contributed by atoms with Gasteiger partial charge in [0.15, 0.2) is 0 Å². The molecule has 1 fully saturated rings. The van der Waals surface area contributed by atoms with Gasteiger partial charge in [-0.3, -0.25) is 14.5 Å². The highest BCUT2D eigenvalue weighted by Gasteiger charge is 2.18. The molecule has 0 atom stereocenters. The summed E-state index contributed by atoms with van der Waals surface area (Å²) in [7, 11) is 1.35. The summed E-state index contributed by atoms with van der Waals surface area (Å²) in [4.78, 5) is 24.7. The molecule has 0 aromatic heterocycles. The SMILES string of the molecule is CCN(CC(=O)NC1CCOCC1)CC(=O)OC. The third-order valence-corrected chi connectivity index (χ3v) is 2.98. The lowest BCUT2D eigenvalue weighted by atomic mass is 10.1. The second kappa shape index (κ2) is 8.05. The summed E-state index contributed by atoms with van der Waals surface area (Å²) in [5, 5.41) is 2.96. The second-order valence-corrected chi connectivity index (χ2v) is 4.33. The number of methoxy groups -OCH3 is 1. The Labute approximate surface area is 108 Å². The molecule has 0 aliphatic carbocycles. The number of amides is 1. The average Bonchev–Trinajstić information content (AvgIpc) is 2.38. The highest BCUT2D eigenvalue weighted by atomic mass is 16.5. The topological polar surface area (TPSA) is 67.9 Å². The van der Waals surface area contributed by atoms with E-state index in [4.69, 9.17) is 4.74 Å². The lowest BCUT2D eigenvalue weighted by Crippen LogP contribution is -2.45. The summed E-state index contributed by atoms with van der Waals surface area (Å²) in [6, 6.07) is 0.197. The quantitative estimate of drug-likeness (QED) is 0.667. The number of esters is 1. The van der Waals surface area contributed by atoms with E-state index in [0.717, 1.165) is 12.8 Å². The van der Waals surface area contributed by atoms with Crippen LogP contribution < -0.4 is 5.32 Å². The van der Waals surface area contributed by atoms with Gasteiger partial charge < -0.3 is 14.8 Å². The van der Waals surface area contributed by atoms with Crippen molar-refractivity contribution in [3.8, 4) is 0 Å². The van der Waals surface area contributed by atoms with Gasteiger partial charge in [0.05, 0.1) is 20.2 Å². The van der Waals surface area contributed by atoms with Crippen LogP contribution in [0.15, 0.2) is 0 Å². The van der Waals surface area contributed by atoms with E-state index in [9.17, 15) is 9.59 Å². The van der Waals surface area contributed by atoms with Crippen molar-refractivity contribution in [2.24, 2.45) is 0 Å². The first-order valence-electron chi connectivity index (χ1n) is 6.32. The van der Waals surface area contributed by atoms with Crippen LogP contribution in [0.4, 0.5) is 0 Å². The lowest BCUT2D eigenvalue weighted by molar-refractivity contribution is -0.142. The maximum Gasteiger partial charge on any atom is 0.319 e. The van der Waals surface area contributed by atoms with Crippen molar-refractivity contribution in [3.63, 3.8) is 0 Å². The van der Waals surface area contributed by atoms with E-state index >= 15 is 0 Å². The molecule has 0 aromatic rings. The number of hydrogen-bond donors (Lipinski definition) is 1. The molecule has 6 nitrogen and oxygen atoms in total.